The fourth-order valence-corrected chi connectivity index (χ4v) is 3.61. The minimum Gasteiger partial charge on any atom is -0.352 e. The molecule has 3 heteroatoms. The van der Waals surface area contributed by atoms with E-state index in [1.54, 1.807) is 0 Å². The molecule has 4 atom stereocenters. The maximum Gasteiger partial charge on any atom is 0.237 e. The first-order chi connectivity index (χ1) is 7.33. The van der Waals surface area contributed by atoms with Gasteiger partial charge in [0.05, 0.1) is 6.04 Å². The number of hydrogen-bond donors (Lipinski definition) is 2. The fourth-order valence-electron chi connectivity index (χ4n) is 3.61. The average molecular weight is 208 g/mol. The molecule has 1 aliphatic heterocycles. The van der Waals surface area contributed by atoms with Crippen molar-refractivity contribution in [3.63, 3.8) is 0 Å². The molecule has 1 amide bonds. The van der Waals surface area contributed by atoms with E-state index in [-0.39, 0.29) is 11.9 Å². The van der Waals surface area contributed by atoms with Gasteiger partial charge in [0, 0.05) is 6.04 Å². The summed E-state index contributed by atoms with van der Waals surface area (Å²) in [7, 11) is 0. The summed E-state index contributed by atoms with van der Waals surface area (Å²) in [5, 5.41) is 6.51. The van der Waals surface area contributed by atoms with Crippen molar-refractivity contribution in [2.45, 2.75) is 50.6 Å². The number of carbonyl (C=O) groups is 1. The minimum absolute atomic E-state index is 0.101. The summed E-state index contributed by atoms with van der Waals surface area (Å²) in [5.74, 6) is 1.96. The van der Waals surface area contributed by atoms with Crippen molar-refractivity contribution in [2.24, 2.45) is 11.8 Å². The van der Waals surface area contributed by atoms with E-state index in [9.17, 15) is 4.79 Å². The Labute approximate surface area is 91.0 Å². The smallest absolute Gasteiger partial charge is 0.237 e. The van der Waals surface area contributed by atoms with Gasteiger partial charge >= 0.3 is 0 Å². The van der Waals surface area contributed by atoms with E-state index in [0.29, 0.717) is 6.04 Å². The third-order valence-electron chi connectivity index (χ3n) is 4.44. The number of nitrogens with one attached hydrogen (secondary N) is 2. The number of carbonyl (C=O) groups excluding carboxylic acids is 1. The molecule has 3 rings (SSSR count). The summed E-state index contributed by atoms with van der Waals surface area (Å²) in [4.78, 5) is 11.9. The first kappa shape index (κ1) is 9.64. The van der Waals surface area contributed by atoms with E-state index in [1.165, 1.54) is 25.7 Å². The Balaban J connectivity index is 1.54. The first-order valence-electron chi connectivity index (χ1n) is 6.36. The lowest BCUT2D eigenvalue weighted by Gasteiger charge is -2.24. The molecule has 3 fully saturated rings. The lowest BCUT2D eigenvalue weighted by atomic mass is 9.95. The van der Waals surface area contributed by atoms with E-state index in [2.05, 4.69) is 10.6 Å². The van der Waals surface area contributed by atoms with E-state index in [0.717, 1.165) is 31.2 Å². The molecule has 2 aliphatic carbocycles. The summed E-state index contributed by atoms with van der Waals surface area (Å²) < 4.78 is 0. The summed E-state index contributed by atoms with van der Waals surface area (Å²) in [6.07, 6.45) is 7.51. The zero-order chi connectivity index (χ0) is 10.3. The van der Waals surface area contributed by atoms with Gasteiger partial charge in [-0.15, -0.1) is 0 Å². The summed E-state index contributed by atoms with van der Waals surface area (Å²) >= 11 is 0. The third-order valence-corrected chi connectivity index (χ3v) is 4.44. The second-order valence-corrected chi connectivity index (χ2v) is 5.44. The standard InChI is InChI=1S/C12H20N2O/c15-12(10-2-1-5-13-10)14-11-7-8-3-4-9(11)6-8/h8-11,13H,1-7H2,(H,14,15)/t8?,9?,10-,11?/m1/s1. The van der Waals surface area contributed by atoms with Crippen molar-refractivity contribution in [3.8, 4) is 0 Å². The lowest BCUT2D eigenvalue weighted by molar-refractivity contribution is -0.123. The monoisotopic (exact) mass is 208 g/mol. The van der Waals surface area contributed by atoms with Crippen LogP contribution >= 0.6 is 0 Å². The molecule has 2 bridgehead atoms. The van der Waals surface area contributed by atoms with Crippen LogP contribution in [0.25, 0.3) is 0 Å². The maximum atomic E-state index is 11.9. The minimum atomic E-state index is 0.101. The molecule has 3 aliphatic rings. The second-order valence-electron chi connectivity index (χ2n) is 5.44. The van der Waals surface area contributed by atoms with E-state index >= 15 is 0 Å². The van der Waals surface area contributed by atoms with Crippen molar-refractivity contribution in [2.75, 3.05) is 6.54 Å². The third kappa shape index (κ3) is 1.78. The van der Waals surface area contributed by atoms with Crippen LogP contribution in [0.3, 0.4) is 0 Å². The van der Waals surface area contributed by atoms with Gasteiger partial charge in [0.25, 0.3) is 0 Å². The molecule has 0 radical (unpaired) electrons. The molecular weight excluding hydrogens is 188 g/mol. The van der Waals surface area contributed by atoms with Crippen molar-refractivity contribution in [3.05, 3.63) is 0 Å². The van der Waals surface area contributed by atoms with Crippen molar-refractivity contribution in [1.82, 2.24) is 10.6 Å². The van der Waals surface area contributed by atoms with Crippen LogP contribution in [-0.2, 0) is 4.79 Å². The Kier molecular flexibility index (Phi) is 2.43. The molecular formula is C12H20N2O. The number of rotatable bonds is 2. The van der Waals surface area contributed by atoms with Gasteiger partial charge < -0.3 is 10.6 Å². The highest BCUT2D eigenvalue weighted by molar-refractivity contribution is 5.82. The van der Waals surface area contributed by atoms with Crippen LogP contribution in [0.1, 0.15) is 38.5 Å². The summed E-state index contributed by atoms with van der Waals surface area (Å²) in [6, 6.07) is 0.600. The van der Waals surface area contributed by atoms with Gasteiger partial charge in [-0.3, -0.25) is 4.79 Å². The molecule has 1 saturated heterocycles. The predicted octanol–water partition coefficient (Wildman–Crippen LogP) is 1.04. The molecule has 15 heavy (non-hydrogen) atoms. The SMILES string of the molecule is O=C(NC1CC2CCC1C2)[C@H]1CCCN1. The van der Waals surface area contributed by atoms with Crippen molar-refractivity contribution in [1.29, 1.82) is 0 Å². The Morgan fingerprint density at radius 2 is 2.13 bits per heavy atom. The van der Waals surface area contributed by atoms with Crippen molar-refractivity contribution < 1.29 is 4.79 Å². The number of fused-ring (bicyclic) bond motifs is 2. The fraction of sp³-hybridized carbons (Fsp3) is 0.917. The summed E-state index contributed by atoms with van der Waals surface area (Å²) in [5.41, 5.74) is 0. The predicted molar refractivity (Wildman–Crippen MR) is 58.4 cm³/mol. The molecule has 0 aromatic carbocycles. The molecule has 2 saturated carbocycles. The van der Waals surface area contributed by atoms with Crippen molar-refractivity contribution >= 4 is 5.91 Å². The Hall–Kier alpha value is -0.570. The van der Waals surface area contributed by atoms with E-state index < -0.39 is 0 Å². The van der Waals surface area contributed by atoms with Gasteiger partial charge in [0.1, 0.15) is 0 Å². The second kappa shape index (κ2) is 3.78. The van der Waals surface area contributed by atoms with Crippen LogP contribution in [0.15, 0.2) is 0 Å². The maximum absolute atomic E-state index is 11.9. The largest absolute Gasteiger partial charge is 0.352 e. The van der Waals surface area contributed by atoms with E-state index in [1.807, 2.05) is 0 Å². The van der Waals surface area contributed by atoms with Gasteiger partial charge in [0.2, 0.25) is 5.91 Å². The van der Waals surface area contributed by atoms with Crippen LogP contribution in [-0.4, -0.2) is 24.5 Å². The highest BCUT2D eigenvalue weighted by Crippen LogP contribution is 2.44. The Bertz CT molecular complexity index is 260. The first-order valence-corrected chi connectivity index (χ1v) is 6.36. The molecule has 0 spiro atoms. The molecule has 3 nitrogen and oxygen atoms in total. The quantitative estimate of drug-likeness (QED) is 0.712. The van der Waals surface area contributed by atoms with Crippen LogP contribution in [0.2, 0.25) is 0 Å². The molecule has 2 N–H and O–H groups in total. The lowest BCUT2D eigenvalue weighted by Crippen LogP contribution is -2.46. The van der Waals surface area contributed by atoms with Gasteiger partial charge in [-0.05, 0) is 50.5 Å². The van der Waals surface area contributed by atoms with Crippen LogP contribution in [0, 0.1) is 11.8 Å². The average Bonchev–Trinajstić information content (AvgIpc) is 2.95. The van der Waals surface area contributed by atoms with Crippen LogP contribution < -0.4 is 10.6 Å². The zero-order valence-electron chi connectivity index (χ0n) is 9.17. The van der Waals surface area contributed by atoms with E-state index in [4.69, 9.17) is 0 Å². The highest BCUT2D eigenvalue weighted by Gasteiger charge is 2.40. The summed E-state index contributed by atoms with van der Waals surface area (Å²) in [6.45, 7) is 1.01. The number of amides is 1. The van der Waals surface area contributed by atoms with Gasteiger partial charge in [-0.1, -0.05) is 6.42 Å². The molecule has 84 valence electrons. The topological polar surface area (TPSA) is 41.1 Å². The highest BCUT2D eigenvalue weighted by atomic mass is 16.2. The molecule has 3 unspecified atom stereocenters. The molecule has 0 aromatic heterocycles. The Morgan fingerprint density at radius 3 is 2.73 bits per heavy atom. The number of hydrogen-bond acceptors (Lipinski definition) is 2. The normalized spacial score (nSPS) is 43.5. The zero-order valence-corrected chi connectivity index (χ0v) is 9.17. The molecule has 0 aromatic rings. The van der Waals surface area contributed by atoms with Crippen LogP contribution in [0.5, 0.6) is 0 Å². The van der Waals surface area contributed by atoms with Gasteiger partial charge in [0.15, 0.2) is 0 Å². The molecule has 1 heterocycles. The Morgan fingerprint density at radius 1 is 1.20 bits per heavy atom. The van der Waals surface area contributed by atoms with Crippen LogP contribution in [0.4, 0.5) is 0 Å². The van der Waals surface area contributed by atoms with Gasteiger partial charge in [-0.2, -0.15) is 0 Å². The van der Waals surface area contributed by atoms with Gasteiger partial charge in [-0.25, -0.2) is 0 Å².